The second kappa shape index (κ2) is 7.26. The Morgan fingerprint density at radius 1 is 1.11 bits per heavy atom. The molecule has 1 fully saturated rings. The van der Waals surface area contributed by atoms with Crippen molar-refractivity contribution in [3.8, 4) is 22.9 Å². The summed E-state index contributed by atoms with van der Waals surface area (Å²) < 4.78 is 7.59. The quantitative estimate of drug-likeness (QED) is 0.780. The summed E-state index contributed by atoms with van der Waals surface area (Å²) in [5, 5.41) is 14.4. The van der Waals surface area contributed by atoms with Crippen LogP contribution in [-0.2, 0) is 7.05 Å². The van der Waals surface area contributed by atoms with Crippen LogP contribution in [0.5, 0.6) is 5.75 Å². The Morgan fingerprint density at radius 2 is 1.85 bits per heavy atom. The third-order valence-electron chi connectivity index (χ3n) is 5.12. The van der Waals surface area contributed by atoms with Crippen LogP contribution in [0.15, 0.2) is 53.3 Å². The molecule has 27 heavy (non-hydrogen) atoms. The first-order valence-electron chi connectivity index (χ1n) is 9.18. The van der Waals surface area contributed by atoms with Crippen molar-refractivity contribution in [2.45, 2.75) is 18.9 Å². The summed E-state index contributed by atoms with van der Waals surface area (Å²) in [5.74, 6) is 0.740. The van der Waals surface area contributed by atoms with E-state index in [1.165, 1.54) is 4.57 Å². The molecule has 2 heterocycles. The van der Waals surface area contributed by atoms with Gasteiger partial charge in [0, 0.05) is 23.4 Å². The molecule has 0 atom stereocenters. The van der Waals surface area contributed by atoms with Crippen LogP contribution in [0.1, 0.15) is 18.5 Å². The summed E-state index contributed by atoms with van der Waals surface area (Å²) in [7, 11) is 1.65. The Morgan fingerprint density at radius 3 is 2.56 bits per heavy atom. The van der Waals surface area contributed by atoms with Crippen LogP contribution in [-0.4, -0.2) is 23.8 Å². The molecule has 0 unspecified atom stereocenters. The van der Waals surface area contributed by atoms with Gasteiger partial charge in [0.15, 0.2) is 0 Å². The van der Waals surface area contributed by atoms with Gasteiger partial charge in [-0.05, 0) is 49.7 Å². The lowest BCUT2D eigenvalue weighted by Crippen LogP contribution is -2.34. The van der Waals surface area contributed by atoms with E-state index in [4.69, 9.17) is 4.74 Å². The highest BCUT2D eigenvalue weighted by molar-refractivity contribution is 5.99. The third kappa shape index (κ3) is 3.20. The number of benzene rings is 2. The Balaban J connectivity index is 1.92. The van der Waals surface area contributed by atoms with Gasteiger partial charge >= 0.3 is 0 Å². The van der Waals surface area contributed by atoms with Crippen LogP contribution in [0, 0.1) is 11.3 Å². The number of pyridine rings is 1. The fourth-order valence-corrected chi connectivity index (χ4v) is 3.70. The van der Waals surface area contributed by atoms with Crippen molar-refractivity contribution in [3.05, 3.63) is 64.6 Å². The van der Waals surface area contributed by atoms with Gasteiger partial charge in [-0.1, -0.05) is 30.3 Å². The minimum absolute atomic E-state index is 0.172. The Hall–Kier alpha value is -3.10. The topological polar surface area (TPSA) is 67.1 Å². The molecule has 0 bridgehead atoms. The normalized spacial score (nSPS) is 14.8. The number of hydrogen-bond acceptors (Lipinski definition) is 4. The molecule has 0 spiro atoms. The number of piperidine rings is 1. The monoisotopic (exact) mass is 359 g/mol. The molecule has 1 aliphatic rings. The van der Waals surface area contributed by atoms with E-state index in [9.17, 15) is 10.1 Å². The highest BCUT2D eigenvalue weighted by Crippen LogP contribution is 2.32. The van der Waals surface area contributed by atoms with Crippen molar-refractivity contribution in [2.75, 3.05) is 13.1 Å². The number of nitrogens with one attached hydrogen (secondary N) is 1. The Bertz CT molecular complexity index is 1070. The summed E-state index contributed by atoms with van der Waals surface area (Å²) in [6.07, 6.45) is 2.10. The molecule has 4 rings (SSSR count). The average Bonchev–Trinajstić information content (AvgIpc) is 2.72. The molecule has 0 saturated carbocycles. The molecule has 1 saturated heterocycles. The minimum Gasteiger partial charge on any atom is -0.490 e. The van der Waals surface area contributed by atoms with Crippen LogP contribution >= 0.6 is 0 Å². The van der Waals surface area contributed by atoms with Gasteiger partial charge < -0.3 is 14.6 Å². The molecule has 0 radical (unpaired) electrons. The smallest absolute Gasteiger partial charge is 0.259 e. The zero-order valence-corrected chi connectivity index (χ0v) is 15.2. The van der Waals surface area contributed by atoms with E-state index in [2.05, 4.69) is 11.4 Å². The number of nitrogens with zero attached hydrogens (tertiary/aromatic N) is 2. The second-order valence-corrected chi connectivity index (χ2v) is 6.84. The molecule has 2 aromatic carbocycles. The predicted molar refractivity (Wildman–Crippen MR) is 106 cm³/mol. The lowest BCUT2D eigenvalue weighted by molar-refractivity contribution is 0.162. The SMILES string of the molecule is Cn1c(C#N)c(-c2ccccc2)c2cc(OC3CCNCC3)ccc2c1=O. The van der Waals surface area contributed by atoms with Gasteiger partial charge in [0.25, 0.3) is 5.56 Å². The van der Waals surface area contributed by atoms with Crippen LogP contribution < -0.4 is 15.6 Å². The number of aromatic nitrogens is 1. The lowest BCUT2D eigenvalue weighted by atomic mass is 9.97. The van der Waals surface area contributed by atoms with Gasteiger partial charge in [-0.15, -0.1) is 0 Å². The average molecular weight is 359 g/mol. The van der Waals surface area contributed by atoms with E-state index >= 15 is 0 Å². The fraction of sp³-hybridized carbons (Fsp3) is 0.273. The Labute approximate surface area is 157 Å². The second-order valence-electron chi connectivity index (χ2n) is 6.84. The largest absolute Gasteiger partial charge is 0.490 e. The van der Waals surface area contributed by atoms with Gasteiger partial charge in [-0.3, -0.25) is 4.79 Å². The van der Waals surface area contributed by atoms with Crippen LogP contribution in [0.25, 0.3) is 21.9 Å². The predicted octanol–water partition coefficient (Wildman–Crippen LogP) is 3.21. The van der Waals surface area contributed by atoms with Gasteiger partial charge in [-0.25, -0.2) is 0 Å². The third-order valence-corrected chi connectivity index (χ3v) is 5.12. The van der Waals surface area contributed by atoms with Crippen molar-refractivity contribution in [2.24, 2.45) is 7.05 Å². The van der Waals surface area contributed by atoms with Crippen molar-refractivity contribution >= 4 is 10.8 Å². The van der Waals surface area contributed by atoms with Crippen molar-refractivity contribution in [1.82, 2.24) is 9.88 Å². The Kier molecular flexibility index (Phi) is 4.66. The molecule has 1 N–H and O–H groups in total. The van der Waals surface area contributed by atoms with Gasteiger partial charge in [0.1, 0.15) is 23.6 Å². The van der Waals surface area contributed by atoms with Crippen LogP contribution in [0.3, 0.4) is 0 Å². The molecule has 1 aliphatic heterocycles. The summed E-state index contributed by atoms with van der Waals surface area (Å²) in [4.78, 5) is 12.8. The van der Waals surface area contributed by atoms with E-state index < -0.39 is 0 Å². The molecule has 3 aromatic rings. The van der Waals surface area contributed by atoms with E-state index in [1.807, 2.05) is 48.5 Å². The molecule has 0 aliphatic carbocycles. The molecular weight excluding hydrogens is 338 g/mol. The van der Waals surface area contributed by atoms with Gasteiger partial charge in [0.2, 0.25) is 0 Å². The fourth-order valence-electron chi connectivity index (χ4n) is 3.70. The molecule has 136 valence electrons. The van der Waals surface area contributed by atoms with E-state index in [0.29, 0.717) is 11.1 Å². The first kappa shape index (κ1) is 17.3. The highest BCUT2D eigenvalue weighted by atomic mass is 16.5. The standard InChI is InChI=1S/C22H21N3O2/c1-25-20(14-23)21(15-5-3-2-4-6-15)19-13-17(7-8-18(19)22(25)26)27-16-9-11-24-12-10-16/h2-8,13,16,24H,9-12H2,1H3. The molecule has 5 heteroatoms. The van der Waals surface area contributed by atoms with E-state index in [-0.39, 0.29) is 11.7 Å². The zero-order valence-electron chi connectivity index (χ0n) is 15.2. The zero-order chi connectivity index (χ0) is 18.8. The van der Waals surface area contributed by atoms with Gasteiger partial charge in [0.05, 0.1) is 0 Å². The van der Waals surface area contributed by atoms with Crippen LogP contribution in [0.4, 0.5) is 0 Å². The number of nitriles is 1. The summed E-state index contributed by atoms with van der Waals surface area (Å²) in [5.41, 5.74) is 1.87. The number of fused-ring (bicyclic) bond motifs is 1. The highest BCUT2D eigenvalue weighted by Gasteiger charge is 2.19. The van der Waals surface area contributed by atoms with Gasteiger partial charge in [-0.2, -0.15) is 5.26 Å². The van der Waals surface area contributed by atoms with E-state index in [0.717, 1.165) is 48.2 Å². The van der Waals surface area contributed by atoms with Crippen molar-refractivity contribution in [3.63, 3.8) is 0 Å². The molecule has 0 amide bonds. The molecule has 1 aromatic heterocycles. The van der Waals surface area contributed by atoms with Crippen molar-refractivity contribution in [1.29, 1.82) is 5.26 Å². The maximum Gasteiger partial charge on any atom is 0.259 e. The van der Waals surface area contributed by atoms with E-state index in [1.54, 1.807) is 7.05 Å². The first-order valence-corrected chi connectivity index (χ1v) is 9.18. The maximum atomic E-state index is 12.8. The first-order chi connectivity index (χ1) is 13.2. The van der Waals surface area contributed by atoms with Crippen molar-refractivity contribution < 1.29 is 4.74 Å². The molecular formula is C22H21N3O2. The molecule has 5 nitrogen and oxygen atoms in total. The number of hydrogen-bond donors (Lipinski definition) is 1. The number of rotatable bonds is 3. The maximum absolute atomic E-state index is 12.8. The lowest BCUT2D eigenvalue weighted by Gasteiger charge is -2.24. The number of ether oxygens (including phenoxy) is 1. The minimum atomic E-state index is -0.172. The summed E-state index contributed by atoms with van der Waals surface area (Å²) >= 11 is 0. The summed E-state index contributed by atoms with van der Waals surface area (Å²) in [6, 6.07) is 17.5. The van der Waals surface area contributed by atoms with Crippen LogP contribution in [0.2, 0.25) is 0 Å². The summed E-state index contributed by atoms with van der Waals surface area (Å²) in [6.45, 7) is 1.90.